The Morgan fingerprint density at radius 3 is 2.38 bits per heavy atom. The Kier molecular flexibility index (Phi) is 6.34. The van der Waals surface area contributed by atoms with Crippen LogP contribution in [-0.2, 0) is 4.79 Å². The first kappa shape index (κ1) is 23.4. The van der Waals surface area contributed by atoms with Crippen LogP contribution in [0.1, 0.15) is 44.9 Å². The van der Waals surface area contributed by atoms with Crippen LogP contribution in [0.25, 0.3) is 10.2 Å². The summed E-state index contributed by atoms with van der Waals surface area (Å²) in [6, 6.07) is 12.5. The van der Waals surface area contributed by atoms with E-state index in [0.29, 0.717) is 26.3 Å². The molecule has 1 atom stereocenters. The molecule has 8 heteroatoms. The largest absolute Gasteiger partial charge is 0.324 e. The van der Waals surface area contributed by atoms with Gasteiger partial charge in [-0.2, -0.15) is 0 Å². The minimum Gasteiger partial charge on any atom is -0.324 e. The Balaban J connectivity index is 1.64. The van der Waals surface area contributed by atoms with Crippen molar-refractivity contribution in [3.8, 4) is 0 Å². The molecule has 1 unspecified atom stereocenters. The third-order valence-corrected chi connectivity index (χ3v) is 7.11. The SMILES string of the molecule is Cc1ccc(NC(=O)c2sc3ncn(C(C)C(=O)Nc4ccccc4C)c(=O)c3c2C)c(C)c1. The Bertz CT molecular complexity index is 1490. The smallest absolute Gasteiger partial charge is 0.266 e. The topological polar surface area (TPSA) is 93.1 Å². The van der Waals surface area contributed by atoms with Gasteiger partial charge in [0, 0.05) is 11.4 Å². The van der Waals surface area contributed by atoms with E-state index in [2.05, 4.69) is 15.6 Å². The number of amides is 2. The number of rotatable bonds is 5. The Hall–Kier alpha value is -3.78. The van der Waals surface area contributed by atoms with Gasteiger partial charge in [0.1, 0.15) is 10.9 Å². The van der Waals surface area contributed by atoms with Gasteiger partial charge in [-0.15, -0.1) is 11.3 Å². The summed E-state index contributed by atoms with van der Waals surface area (Å²) in [7, 11) is 0. The van der Waals surface area contributed by atoms with Crippen LogP contribution >= 0.6 is 11.3 Å². The van der Waals surface area contributed by atoms with Crippen LogP contribution in [0, 0.1) is 27.7 Å². The van der Waals surface area contributed by atoms with Gasteiger partial charge in [0.25, 0.3) is 11.5 Å². The number of hydrogen-bond donors (Lipinski definition) is 2. The number of anilines is 2. The molecule has 0 aliphatic carbocycles. The highest BCUT2D eigenvalue weighted by Crippen LogP contribution is 2.29. The average molecular weight is 475 g/mol. The Labute approximate surface area is 201 Å². The quantitative estimate of drug-likeness (QED) is 0.419. The molecule has 0 saturated heterocycles. The Morgan fingerprint density at radius 2 is 1.68 bits per heavy atom. The molecular weight excluding hydrogens is 448 g/mol. The van der Waals surface area contributed by atoms with Crippen LogP contribution < -0.4 is 16.2 Å². The molecule has 7 nitrogen and oxygen atoms in total. The first-order chi connectivity index (χ1) is 16.2. The maximum absolute atomic E-state index is 13.3. The molecule has 2 amide bonds. The highest BCUT2D eigenvalue weighted by atomic mass is 32.1. The van der Waals surface area contributed by atoms with Gasteiger partial charge >= 0.3 is 0 Å². The van der Waals surface area contributed by atoms with Crippen molar-refractivity contribution in [2.75, 3.05) is 10.6 Å². The summed E-state index contributed by atoms with van der Waals surface area (Å²) in [5, 5.41) is 6.16. The number of benzene rings is 2. The number of carbonyl (C=O) groups excluding carboxylic acids is 2. The zero-order valence-corrected chi connectivity index (χ0v) is 20.5. The van der Waals surface area contributed by atoms with Gasteiger partial charge in [0.2, 0.25) is 5.91 Å². The maximum atomic E-state index is 13.3. The number of carbonyl (C=O) groups is 2. The van der Waals surface area contributed by atoms with Gasteiger partial charge in [0.15, 0.2) is 0 Å². The highest BCUT2D eigenvalue weighted by molar-refractivity contribution is 7.20. The molecule has 2 N–H and O–H groups in total. The van der Waals surface area contributed by atoms with E-state index in [1.807, 2.05) is 63.2 Å². The number of thiophene rings is 1. The fraction of sp³-hybridized carbons (Fsp3) is 0.231. The van der Waals surface area contributed by atoms with Crippen molar-refractivity contribution in [1.29, 1.82) is 0 Å². The summed E-state index contributed by atoms with van der Waals surface area (Å²) < 4.78 is 1.31. The number of hydrogen-bond acceptors (Lipinski definition) is 5. The molecule has 4 aromatic rings. The number of aromatic nitrogens is 2. The summed E-state index contributed by atoms with van der Waals surface area (Å²) in [6.07, 6.45) is 1.37. The number of para-hydroxylation sites is 1. The lowest BCUT2D eigenvalue weighted by molar-refractivity contribution is -0.118. The maximum Gasteiger partial charge on any atom is 0.266 e. The Morgan fingerprint density at radius 1 is 0.971 bits per heavy atom. The van der Waals surface area contributed by atoms with E-state index < -0.39 is 6.04 Å². The lowest BCUT2D eigenvalue weighted by Gasteiger charge is -2.16. The standard InChI is InChI=1S/C26H26N4O3S/c1-14-10-11-20(16(3)12-14)29-24(32)22-17(4)21-25(34-22)27-13-30(26(21)33)18(5)23(31)28-19-9-7-6-8-15(19)2/h6-13,18H,1-5H3,(H,28,31)(H,29,32). The van der Waals surface area contributed by atoms with Gasteiger partial charge in [-0.3, -0.25) is 19.0 Å². The third-order valence-electron chi connectivity index (χ3n) is 5.91. The minimum absolute atomic E-state index is 0.288. The molecule has 2 aromatic carbocycles. The molecule has 34 heavy (non-hydrogen) atoms. The first-order valence-electron chi connectivity index (χ1n) is 10.9. The van der Waals surface area contributed by atoms with E-state index in [9.17, 15) is 14.4 Å². The summed E-state index contributed by atoms with van der Waals surface area (Å²) in [5.74, 6) is -0.609. The third kappa shape index (κ3) is 4.36. The van der Waals surface area contributed by atoms with Crippen LogP contribution in [0.4, 0.5) is 11.4 Å². The molecule has 0 bridgehead atoms. The van der Waals surface area contributed by atoms with Crippen molar-refractivity contribution < 1.29 is 9.59 Å². The van der Waals surface area contributed by atoms with E-state index >= 15 is 0 Å². The van der Waals surface area contributed by atoms with Crippen molar-refractivity contribution >= 4 is 44.7 Å². The molecule has 2 heterocycles. The van der Waals surface area contributed by atoms with Crippen LogP contribution in [0.5, 0.6) is 0 Å². The molecule has 0 aliphatic rings. The predicted octanol–water partition coefficient (Wildman–Crippen LogP) is 5.14. The molecule has 0 fully saturated rings. The summed E-state index contributed by atoms with van der Waals surface area (Å²) in [4.78, 5) is 44.5. The monoisotopic (exact) mass is 474 g/mol. The second-order valence-corrected chi connectivity index (χ2v) is 9.45. The predicted molar refractivity (Wildman–Crippen MR) is 137 cm³/mol. The zero-order chi connectivity index (χ0) is 24.6. The van der Waals surface area contributed by atoms with Crippen LogP contribution in [-0.4, -0.2) is 21.4 Å². The van der Waals surface area contributed by atoms with Crippen molar-refractivity contribution in [3.63, 3.8) is 0 Å². The van der Waals surface area contributed by atoms with Crippen molar-refractivity contribution in [3.05, 3.63) is 86.3 Å². The van der Waals surface area contributed by atoms with Crippen LogP contribution in [0.3, 0.4) is 0 Å². The number of aryl methyl sites for hydroxylation is 4. The lowest BCUT2D eigenvalue weighted by Crippen LogP contribution is -2.32. The summed E-state index contributed by atoms with van der Waals surface area (Å²) >= 11 is 1.17. The highest BCUT2D eigenvalue weighted by Gasteiger charge is 2.23. The second kappa shape index (κ2) is 9.23. The normalized spacial score (nSPS) is 11.9. The molecular formula is C26H26N4O3S. The number of nitrogens with one attached hydrogen (secondary N) is 2. The molecule has 0 saturated carbocycles. The van der Waals surface area contributed by atoms with Crippen LogP contribution in [0.15, 0.2) is 53.6 Å². The van der Waals surface area contributed by atoms with Crippen molar-refractivity contribution in [2.24, 2.45) is 0 Å². The zero-order valence-electron chi connectivity index (χ0n) is 19.7. The molecule has 4 rings (SSSR count). The molecule has 174 valence electrons. The summed E-state index contributed by atoms with van der Waals surface area (Å²) in [6.45, 7) is 9.22. The van der Waals surface area contributed by atoms with E-state index in [-0.39, 0.29) is 17.4 Å². The fourth-order valence-electron chi connectivity index (χ4n) is 3.84. The second-order valence-electron chi connectivity index (χ2n) is 8.45. The van der Waals surface area contributed by atoms with E-state index in [0.717, 1.165) is 22.4 Å². The van der Waals surface area contributed by atoms with E-state index in [1.165, 1.54) is 22.2 Å². The fourth-order valence-corrected chi connectivity index (χ4v) is 4.87. The lowest BCUT2D eigenvalue weighted by atomic mass is 10.1. The molecule has 0 aliphatic heterocycles. The minimum atomic E-state index is -0.782. The van der Waals surface area contributed by atoms with Crippen molar-refractivity contribution in [2.45, 2.75) is 40.7 Å². The van der Waals surface area contributed by atoms with E-state index in [4.69, 9.17) is 0 Å². The number of fused-ring (bicyclic) bond motifs is 1. The van der Waals surface area contributed by atoms with Gasteiger partial charge in [-0.05, 0) is 63.4 Å². The molecule has 0 spiro atoms. The molecule has 2 aromatic heterocycles. The van der Waals surface area contributed by atoms with Crippen LogP contribution in [0.2, 0.25) is 0 Å². The van der Waals surface area contributed by atoms with Gasteiger partial charge in [-0.25, -0.2) is 4.98 Å². The van der Waals surface area contributed by atoms with Gasteiger partial charge in [0.05, 0.1) is 16.6 Å². The number of nitrogens with zero attached hydrogens (tertiary/aromatic N) is 2. The average Bonchev–Trinajstić information content (AvgIpc) is 3.14. The van der Waals surface area contributed by atoms with Gasteiger partial charge in [-0.1, -0.05) is 35.9 Å². The molecule has 0 radical (unpaired) electrons. The van der Waals surface area contributed by atoms with Crippen molar-refractivity contribution in [1.82, 2.24) is 9.55 Å². The van der Waals surface area contributed by atoms with E-state index in [1.54, 1.807) is 13.8 Å². The van der Waals surface area contributed by atoms with Gasteiger partial charge < -0.3 is 10.6 Å². The first-order valence-corrected chi connectivity index (χ1v) is 11.7. The summed E-state index contributed by atoms with van der Waals surface area (Å²) in [5.41, 5.74) is 4.62.